The van der Waals surface area contributed by atoms with E-state index in [-0.39, 0.29) is 5.97 Å². The van der Waals surface area contributed by atoms with Gasteiger partial charge in [-0.15, -0.1) is 0 Å². The van der Waals surface area contributed by atoms with Crippen molar-refractivity contribution in [3.05, 3.63) is 42.0 Å². The lowest BCUT2D eigenvalue weighted by Crippen LogP contribution is -2.16. The van der Waals surface area contributed by atoms with Crippen LogP contribution in [0.5, 0.6) is 0 Å². The molecule has 0 N–H and O–H groups in total. The lowest BCUT2D eigenvalue weighted by atomic mass is 9.95. The van der Waals surface area contributed by atoms with Gasteiger partial charge in [0.1, 0.15) is 0 Å². The zero-order valence-electron chi connectivity index (χ0n) is 11.6. The molecule has 102 valence electrons. The fraction of sp³-hybridized carbons (Fsp3) is 0.438. The van der Waals surface area contributed by atoms with E-state index in [1.54, 1.807) is 6.07 Å². The smallest absolute Gasteiger partial charge is 0.338 e. The molecule has 0 heterocycles. The summed E-state index contributed by atoms with van der Waals surface area (Å²) in [6.07, 6.45) is 7.60. The minimum Gasteiger partial charge on any atom is -0.462 e. The SMILES string of the molecule is CN(C)c1cccc(C(=O)OCC2CC=CCC2)c1. The minimum absolute atomic E-state index is 0.224. The van der Waals surface area contributed by atoms with E-state index in [2.05, 4.69) is 12.2 Å². The van der Waals surface area contributed by atoms with Gasteiger partial charge in [-0.2, -0.15) is 0 Å². The molecule has 3 nitrogen and oxygen atoms in total. The normalized spacial score (nSPS) is 18.1. The largest absolute Gasteiger partial charge is 0.462 e. The summed E-state index contributed by atoms with van der Waals surface area (Å²) < 4.78 is 5.41. The summed E-state index contributed by atoms with van der Waals surface area (Å²) in [4.78, 5) is 14.0. The number of allylic oxidation sites excluding steroid dienone is 2. The molecule has 1 unspecified atom stereocenters. The van der Waals surface area contributed by atoms with E-state index in [0.29, 0.717) is 18.1 Å². The van der Waals surface area contributed by atoms with E-state index in [4.69, 9.17) is 4.74 Å². The molecule has 1 aromatic carbocycles. The number of carbonyl (C=O) groups is 1. The van der Waals surface area contributed by atoms with Crippen LogP contribution in [0.4, 0.5) is 5.69 Å². The summed E-state index contributed by atoms with van der Waals surface area (Å²) in [5, 5.41) is 0. The van der Waals surface area contributed by atoms with Crippen molar-refractivity contribution in [1.82, 2.24) is 0 Å². The second-order valence-corrected chi connectivity index (χ2v) is 5.19. The van der Waals surface area contributed by atoms with Gasteiger partial charge < -0.3 is 9.64 Å². The Labute approximate surface area is 114 Å². The molecule has 1 aromatic rings. The average Bonchev–Trinajstić information content (AvgIpc) is 2.46. The summed E-state index contributed by atoms with van der Waals surface area (Å²) >= 11 is 0. The monoisotopic (exact) mass is 259 g/mol. The van der Waals surface area contributed by atoms with Crippen LogP contribution in [-0.4, -0.2) is 26.7 Å². The Morgan fingerprint density at radius 3 is 2.89 bits per heavy atom. The number of ether oxygens (including phenoxy) is 1. The van der Waals surface area contributed by atoms with Gasteiger partial charge in [0.05, 0.1) is 12.2 Å². The van der Waals surface area contributed by atoms with Crippen molar-refractivity contribution in [1.29, 1.82) is 0 Å². The van der Waals surface area contributed by atoms with Gasteiger partial charge >= 0.3 is 5.97 Å². The van der Waals surface area contributed by atoms with E-state index in [1.165, 1.54) is 0 Å². The molecule has 0 fully saturated rings. The Morgan fingerprint density at radius 1 is 1.37 bits per heavy atom. The van der Waals surface area contributed by atoms with E-state index >= 15 is 0 Å². The highest BCUT2D eigenvalue weighted by molar-refractivity contribution is 5.90. The lowest BCUT2D eigenvalue weighted by Gasteiger charge is -2.18. The first-order valence-electron chi connectivity index (χ1n) is 6.76. The second kappa shape index (κ2) is 6.41. The molecule has 0 bridgehead atoms. The topological polar surface area (TPSA) is 29.5 Å². The molecule has 1 aliphatic carbocycles. The highest BCUT2D eigenvalue weighted by Gasteiger charge is 2.14. The second-order valence-electron chi connectivity index (χ2n) is 5.19. The maximum Gasteiger partial charge on any atom is 0.338 e. The van der Waals surface area contributed by atoms with Crippen LogP contribution in [0.3, 0.4) is 0 Å². The molecule has 0 saturated heterocycles. The number of anilines is 1. The van der Waals surface area contributed by atoms with Gasteiger partial charge in [0.2, 0.25) is 0 Å². The van der Waals surface area contributed by atoms with Crippen LogP contribution in [0.1, 0.15) is 29.6 Å². The molecule has 0 amide bonds. The fourth-order valence-electron chi connectivity index (χ4n) is 2.20. The molecule has 19 heavy (non-hydrogen) atoms. The van der Waals surface area contributed by atoms with Crippen LogP contribution in [0.25, 0.3) is 0 Å². The first-order chi connectivity index (χ1) is 9.16. The maximum absolute atomic E-state index is 12.0. The predicted octanol–water partition coefficient (Wildman–Crippen LogP) is 3.27. The maximum atomic E-state index is 12.0. The average molecular weight is 259 g/mol. The minimum atomic E-state index is -0.224. The van der Waals surface area contributed by atoms with Gasteiger partial charge in [-0.25, -0.2) is 4.79 Å². The van der Waals surface area contributed by atoms with Gasteiger partial charge in [0.25, 0.3) is 0 Å². The van der Waals surface area contributed by atoms with Crippen LogP contribution in [0.15, 0.2) is 36.4 Å². The van der Waals surface area contributed by atoms with Gasteiger partial charge in [0, 0.05) is 19.8 Å². The Bertz CT molecular complexity index is 466. The first kappa shape index (κ1) is 13.7. The quantitative estimate of drug-likeness (QED) is 0.614. The number of hydrogen-bond acceptors (Lipinski definition) is 3. The number of rotatable bonds is 4. The summed E-state index contributed by atoms with van der Waals surface area (Å²) in [5.74, 6) is 0.254. The Balaban J connectivity index is 1.92. The summed E-state index contributed by atoms with van der Waals surface area (Å²) in [6.45, 7) is 0.523. The van der Waals surface area contributed by atoms with Gasteiger partial charge in [-0.3, -0.25) is 0 Å². The third-order valence-electron chi connectivity index (χ3n) is 3.43. The van der Waals surface area contributed by atoms with Gasteiger partial charge in [-0.05, 0) is 43.4 Å². The van der Waals surface area contributed by atoms with Crippen molar-refractivity contribution < 1.29 is 9.53 Å². The summed E-state index contributed by atoms with van der Waals surface area (Å²) in [5.41, 5.74) is 1.63. The van der Waals surface area contributed by atoms with E-state index in [0.717, 1.165) is 24.9 Å². The van der Waals surface area contributed by atoms with E-state index < -0.39 is 0 Å². The van der Waals surface area contributed by atoms with Crippen LogP contribution in [-0.2, 0) is 4.74 Å². The van der Waals surface area contributed by atoms with E-state index in [9.17, 15) is 4.79 Å². The van der Waals surface area contributed by atoms with Crippen molar-refractivity contribution in [3.8, 4) is 0 Å². The number of esters is 1. The van der Waals surface area contributed by atoms with Crippen LogP contribution >= 0.6 is 0 Å². The number of benzene rings is 1. The van der Waals surface area contributed by atoms with E-state index in [1.807, 2.05) is 37.2 Å². The highest BCUT2D eigenvalue weighted by atomic mass is 16.5. The predicted molar refractivity (Wildman–Crippen MR) is 77.5 cm³/mol. The lowest BCUT2D eigenvalue weighted by molar-refractivity contribution is 0.0432. The molecule has 0 radical (unpaired) electrons. The number of hydrogen-bond donors (Lipinski definition) is 0. The third kappa shape index (κ3) is 3.85. The Kier molecular flexibility index (Phi) is 4.61. The molecule has 0 aromatic heterocycles. The molecule has 3 heteroatoms. The molecule has 2 rings (SSSR count). The molecule has 0 spiro atoms. The van der Waals surface area contributed by atoms with Crippen LogP contribution in [0, 0.1) is 5.92 Å². The van der Waals surface area contributed by atoms with Gasteiger partial charge in [0.15, 0.2) is 0 Å². The number of nitrogens with zero attached hydrogens (tertiary/aromatic N) is 1. The Morgan fingerprint density at radius 2 is 2.21 bits per heavy atom. The molecular weight excluding hydrogens is 238 g/mol. The van der Waals surface area contributed by atoms with Crippen molar-refractivity contribution >= 4 is 11.7 Å². The molecular formula is C16H21NO2. The third-order valence-corrected chi connectivity index (χ3v) is 3.43. The zero-order valence-corrected chi connectivity index (χ0v) is 11.6. The van der Waals surface area contributed by atoms with Crippen LogP contribution in [0.2, 0.25) is 0 Å². The Hall–Kier alpha value is -1.77. The molecule has 0 saturated carbocycles. The van der Waals surface area contributed by atoms with Crippen molar-refractivity contribution in [2.24, 2.45) is 5.92 Å². The molecule has 1 atom stereocenters. The zero-order chi connectivity index (χ0) is 13.7. The summed E-state index contributed by atoms with van der Waals surface area (Å²) in [7, 11) is 3.91. The first-order valence-corrected chi connectivity index (χ1v) is 6.76. The van der Waals surface area contributed by atoms with Crippen molar-refractivity contribution in [2.45, 2.75) is 19.3 Å². The van der Waals surface area contributed by atoms with Crippen molar-refractivity contribution in [2.75, 3.05) is 25.6 Å². The standard InChI is InChI=1S/C16H21NO2/c1-17(2)15-10-6-9-14(11-15)16(18)19-12-13-7-4-3-5-8-13/h3-4,6,9-11,13H,5,7-8,12H2,1-2H3. The van der Waals surface area contributed by atoms with Gasteiger partial charge in [-0.1, -0.05) is 18.2 Å². The fourth-order valence-corrected chi connectivity index (χ4v) is 2.20. The highest BCUT2D eigenvalue weighted by Crippen LogP contribution is 2.19. The molecule has 1 aliphatic rings. The van der Waals surface area contributed by atoms with Crippen molar-refractivity contribution in [3.63, 3.8) is 0 Å². The molecule has 0 aliphatic heterocycles. The van der Waals surface area contributed by atoms with Crippen LogP contribution < -0.4 is 4.90 Å². The summed E-state index contributed by atoms with van der Waals surface area (Å²) in [6, 6.07) is 7.52. The number of carbonyl (C=O) groups excluding carboxylic acids is 1.